The fourth-order valence-electron chi connectivity index (χ4n) is 3.40. The first-order chi connectivity index (χ1) is 16.3. The minimum atomic E-state index is -1.97. The first-order valence-corrected chi connectivity index (χ1v) is 10.7. The van der Waals surface area contributed by atoms with Crippen LogP contribution in [0.15, 0.2) is 60.7 Å². The van der Waals surface area contributed by atoms with Crippen molar-refractivity contribution < 1.29 is 38.9 Å². The molecule has 0 radical (unpaired) electrons. The van der Waals surface area contributed by atoms with Gasteiger partial charge < -0.3 is 19.7 Å². The van der Waals surface area contributed by atoms with Gasteiger partial charge in [-0.05, 0) is 25.0 Å². The maximum absolute atomic E-state index is 12.8. The van der Waals surface area contributed by atoms with E-state index in [0.717, 1.165) is 9.80 Å². The molecule has 0 unspecified atom stereocenters. The molecule has 0 aromatic heterocycles. The Morgan fingerprint density at radius 3 is 1.26 bits per heavy atom. The van der Waals surface area contributed by atoms with E-state index < -0.39 is 36.2 Å². The molecular weight excluding hydrogens is 444 g/mol. The first-order valence-electron chi connectivity index (χ1n) is 10.7. The smallest absolute Gasteiger partial charge is 0.410 e. The molecule has 2 rings (SSSR count). The number of hydrogen-bond acceptors (Lipinski definition) is 6. The molecule has 0 bridgehead atoms. The highest BCUT2D eigenvalue weighted by Gasteiger charge is 2.47. The van der Waals surface area contributed by atoms with Gasteiger partial charge in [-0.15, -0.1) is 0 Å². The number of carboxylic acids is 2. The fourth-order valence-corrected chi connectivity index (χ4v) is 3.40. The summed E-state index contributed by atoms with van der Waals surface area (Å²) in [5.41, 5.74) is 1.10. The number of carbonyl (C=O) groups excluding carboxylic acids is 2. The Kier molecular flexibility index (Phi) is 9.88. The largest absolute Gasteiger partial charge is 0.480 e. The Morgan fingerprint density at radius 2 is 1.00 bits per heavy atom. The number of nitrogens with zero attached hydrogens (tertiary/aromatic N) is 2. The van der Waals surface area contributed by atoms with Crippen molar-refractivity contribution in [3.05, 3.63) is 71.8 Å². The van der Waals surface area contributed by atoms with Gasteiger partial charge in [-0.3, -0.25) is 9.80 Å². The monoisotopic (exact) mass is 472 g/mol. The van der Waals surface area contributed by atoms with Crippen molar-refractivity contribution in [1.82, 2.24) is 9.80 Å². The number of rotatable bonds is 11. The Morgan fingerprint density at radius 1 is 0.676 bits per heavy atom. The van der Waals surface area contributed by atoms with Crippen molar-refractivity contribution in [1.29, 1.82) is 0 Å². The van der Waals surface area contributed by atoms with Crippen LogP contribution in [0.5, 0.6) is 0 Å². The van der Waals surface area contributed by atoms with Gasteiger partial charge in [0.05, 0.1) is 26.3 Å². The van der Waals surface area contributed by atoms with E-state index in [1.54, 1.807) is 74.5 Å². The number of ether oxygens (including phenoxy) is 2. The molecule has 182 valence electrons. The molecule has 0 saturated carbocycles. The Hall–Kier alpha value is -4.08. The summed E-state index contributed by atoms with van der Waals surface area (Å²) >= 11 is 0. The number of carbonyl (C=O) groups is 4. The standard InChI is InChI=1S/C24H28N2O8/c1-3-33-23(31)25(15-17-11-7-5-8-12-17)19(21(27)28)20(22(29)30)26(24(32)34-4-2)16-18-13-9-6-10-14-18/h5-14,19-20H,3-4,15-16H2,1-2H3,(H,27,28)(H,29,30)/t19-,20-/m1/s1. The van der Waals surface area contributed by atoms with Crippen molar-refractivity contribution >= 4 is 24.1 Å². The van der Waals surface area contributed by atoms with Gasteiger partial charge in [0.25, 0.3) is 0 Å². The molecule has 0 aliphatic heterocycles. The van der Waals surface area contributed by atoms with Crippen LogP contribution in [0.4, 0.5) is 9.59 Å². The predicted octanol–water partition coefficient (Wildman–Crippen LogP) is 3.21. The minimum absolute atomic E-state index is 0.0557. The Balaban J connectivity index is 2.57. The first kappa shape index (κ1) is 26.2. The molecule has 2 atom stereocenters. The third-order valence-electron chi connectivity index (χ3n) is 4.87. The summed E-state index contributed by atoms with van der Waals surface area (Å²) in [6, 6.07) is 13.0. The van der Waals surface area contributed by atoms with Gasteiger partial charge in [-0.1, -0.05) is 60.7 Å². The zero-order valence-corrected chi connectivity index (χ0v) is 19.0. The van der Waals surface area contributed by atoms with Crippen LogP contribution >= 0.6 is 0 Å². The SMILES string of the molecule is CCOC(=O)N(Cc1ccccc1)[C@@H](C(=O)O)[C@H](C(=O)O)N(Cc1ccccc1)C(=O)OCC. The summed E-state index contributed by atoms with van der Waals surface area (Å²) < 4.78 is 10.1. The third-order valence-corrected chi connectivity index (χ3v) is 4.87. The molecule has 0 heterocycles. The topological polar surface area (TPSA) is 134 Å². The van der Waals surface area contributed by atoms with Crippen LogP contribution in [0.3, 0.4) is 0 Å². The molecule has 10 heteroatoms. The zero-order valence-electron chi connectivity index (χ0n) is 19.0. The lowest BCUT2D eigenvalue weighted by atomic mass is 10.0. The van der Waals surface area contributed by atoms with Crippen molar-refractivity contribution in [2.75, 3.05) is 13.2 Å². The molecule has 2 aromatic carbocycles. The van der Waals surface area contributed by atoms with Crippen molar-refractivity contribution in [2.24, 2.45) is 0 Å². The van der Waals surface area contributed by atoms with Crippen LogP contribution in [0.1, 0.15) is 25.0 Å². The summed E-state index contributed by atoms with van der Waals surface area (Å²) in [4.78, 5) is 52.1. The van der Waals surface area contributed by atoms with Gasteiger partial charge in [0.1, 0.15) is 0 Å². The Bertz CT molecular complexity index is 888. The molecule has 2 N–H and O–H groups in total. The fraction of sp³-hybridized carbons (Fsp3) is 0.333. The van der Waals surface area contributed by atoms with E-state index in [0.29, 0.717) is 11.1 Å². The van der Waals surface area contributed by atoms with Crippen LogP contribution in [0.2, 0.25) is 0 Å². The highest BCUT2D eigenvalue weighted by Crippen LogP contribution is 2.21. The van der Waals surface area contributed by atoms with Crippen molar-refractivity contribution in [2.45, 2.75) is 39.0 Å². The van der Waals surface area contributed by atoms with Crippen molar-refractivity contribution in [3.63, 3.8) is 0 Å². The number of carboxylic acid groups (broad SMARTS) is 2. The second-order valence-electron chi connectivity index (χ2n) is 7.19. The second kappa shape index (κ2) is 12.8. The van der Waals surface area contributed by atoms with Crippen LogP contribution in [0, 0.1) is 0 Å². The van der Waals surface area contributed by atoms with Gasteiger partial charge in [0.2, 0.25) is 0 Å². The van der Waals surface area contributed by atoms with Gasteiger partial charge >= 0.3 is 24.1 Å². The molecule has 2 aromatic rings. The van der Waals surface area contributed by atoms with Crippen molar-refractivity contribution in [3.8, 4) is 0 Å². The lowest BCUT2D eigenvalue weighted by molar-refractivity contribution is -0.156. The van der Waals surface area contributed by atoms with Crippen LogP contribution in [-0.2, 0) is 32.2 Å². The average molecular weight is 472 g/mol. The van der Waals surface area contributed by atoms with Crippen LogP contribution < -0.4 is 0 Å². The molecule has 0 aliphatic rings. The summed E-state index contributed by atoms with van der Waals surface area (Å²) in [6.45, 7) is 2.48. The van der Waals surface area contributed by atoms with E-state index in [4.69, 9.17) is 9.47 Å². The lowest BCUT2D eigenvalue weighted by Crippen LogP contribution is -2.61. The molecule has 2 amide bonds. The molecule has 0 aliphatic carbocycles. The highest BCUT2D eigenvalue weighted by molar-refractivity contribution is 5.90. The van der Waals surface area contributed by atoms with E-state index in [1.807, 2.05) is 0 Å². The summed E-state index contributed by atoms with van der Waals surface area (Å²) in [5.74, 6) is -3.22. The maximum Gasteiger partial charge on any atom is 0.410 e. The van der Waals surface area contributed by atoms with E-state index in [9.17, 15) is 29.4 Å². The Labute approximate surface area is 197 Å². The van der Waals surface area contributed by atoms with E-state index in [2.05, 4.69) is 0 Å². The number of benzene rings is 2. The normalized spacial score (nSPS) is 12.2. The number of hydrogen-bond donors (Lipinski definition) is 2. The van der Waals surface area contributed by atoms with Crippen LogP contribution in [-0.4, -0.2) is 69.4 Å². The zero-order chi connectivity index (χ0) is 25.1. The summed E-state index contributed by atoms with van der Waals surface area (Å²) in [7, 11) is 0. The number of amides is 2. The average Bonchev–Trinajstić information content (AvgIpc) is 2.81. The highest BCUT2D eigenvalue weighted by atomic mass is 16.6. The summed E-state index contributed by atoms with van der Waals surface area (Å²) in [6.07, 6.45) is -2.04. The molecule has 10 nitrogen and oxygen atoms in total. The molecule has 0 saturated heterocycles. The predicted molar refractivity (Wildman–Crippen MR) is 121 cm³/mol. The molecular formula is C24H28N2O8. The lowest BCUT2D eigenvalue weighted by Gasteiger charge is -2.37. The summed E-state index contributed by atoms with van der Waals surface area (Å²) in [5, 5.41) is 20.2. The van der Waals surface area contributed by atoms with Gasteiger partial charge in [0.15, 0.2) is 12.1 Å². The van der Waals surface area contributed by atoms with Crippen LogP contribution in [0.25, 0.3) is 0 Å². The van der Waals surface area contributed by atoms with Gasteiger partial charge in [-0.2, -0.15) is 0 Å². The molecule has 0 fully saturated rings. The number of aliphatic carboxylic acids is 2. The quantitative estimate of drug-likeness (QED) is 0.509. The molecule has 0 spiro atoms. The van der Waals surface area contributed by atoms with E-state index in [1.165, 1.54) is 0 Å². The molecule has 34 heavy (non-hydrogen) atoms. The minimum Gasteiger partial charge on any atom is -0.480 e. The van der Waals surface area contributed by atoms with E-state index >= 15 is 0 Å². The van der Waals surface area contributed by atoms with Gasteiger partial charge in [0, 0.05) is 0 Å². The second-order valence-corrected chi connectivity index (χ2v) is 7.19. The third kappa shape index (κ3) is 6.96. The van der Waals surface area contributed by atoms with Gasteiger partial charge in [-0.25, -0.2) is 19.2 Å². The maximum atomic E-state index is 12.8. The van der Waals surface area contributed by atoms with E-state index in [-0.39, 0.29) is 26.3 Å².